The number of ether oxygens (including phenoxy) is 1. The fourth-order valence-corrected chi connectivity index (χ4v) is 3.46. The number of amides is 3. The predicted molar refractivity (Wildman–Crippen MR) is 139 cm³/mol. The molecule has 2 atom stereocenters. The molecule has 0 aliphatic rings. The van der Waals surface area contributed by atoms with Crippen LogP contribution in [-0.2, 0) is 14.3 Å². The molecule has 0 spiro atoms. The van der Waals surface area contributed by atoms with Gasteiger partial charge in [0, 0.05) is 11.1 Å². The van der Waals surface area contributed by atoms with E-state index >= 15 is 0 Å². The van der Waals surface area contributed by atoms with Crippen LogP contribution in [0.4, 0.5) is 4.79 Å². The molecule has 0 saturated carbocycles. The van der Waals surface area contributed by atoms with Crippen molar-refractivity contribution in [1.82, 2.24) is 15.5 Å². The van der Waals surface area contributed by atoms with E-state index in [0.717, 1.165) is 5.56 Å². The van der Waals surface area contributed by atoms with Crippen molar-refractivity contribution in [2.24, 2.45) is 0 Å². The second kappa shape index (κ2) is 11.7. The Labute approximate surface area is 210 Å². The molecule has 2 unspecified atom stereocenters. The topological polar surface area (TPSA) is 108 Å². The first-order chi connectivity index (χ1) is 16.0. The van der Waals surface area contributed by atoms with Crippen LogP contribution in [0, 0.1) is 0 Å². The van der Waals surface area contributed by atoms with E-state index in [1.165, 1.54) is 4.90 Å². The lowest BCUT2D eigenvalue weighted by Gasteiger charge is -2.45. The number of hydrogen-bond acceptors (Lipinski definition) is 5. The lowest BCUT2D eigenvalue weighted by Crippen LogP contribution is -2.61. The summed E-state index contributed by atoms with van der Waals surface area (Å²) in [4.78, 5) is 41.5. The Morgan fingerprint density at radius 2 is 1.71 bits per heavy atom. The highest BCUT2D eigenvalue weighted by Crippen LogP contribution is 2.33. The molecule has 0 fully saturated rings. The van der Waals surface area contributed by atoms with E-state index in [4.69, 9.17) is 4.74 Å². The Hall–Kier alpha value is -2.87. The van der Waals surface area contributed by atoms with Gasteiger partial charge < -0.3 is 25.4 Å². The molecule has 0 saturated heterocycles. The van der Waals surface area contributed by atoms with Crippen molar-refractivity contribution < 1.29 is 24.2 Å². The SMILES string of the molecule is C=Cc1cccc(C(C(=O)NC(C)(C)C)N(C(=O)C(CO)NC(=O)OC(C)(C)C)C(C)(C)CC)c1. The van der Waals surface area contributed by atoms with E-state index in [0.29, 0.717) is 12.0 Å². The van der Waals surface area contributed by atoms with Gasteiger partial charge in [0.2, 0.25) is 11.8 Å². The maximum Gasteiger partial charge on any atom is 0.408 e. The zero-order valence-corrected chi connectivity index (χ0v) is 22.7. The van der Waals surface area contributed by atoms with Crippen LogP contribution in [0.5, 0.6) is 0 Å². The molecule has 1 aromatic carbocycles. The zero-order valence-electron chi connectivity index (χ0n) is 22.7. The number of alkyl carbamates (subject to hydrolysis) is 1. The van der Waals surface area contributed by atoms with E-state index in [2.05, 4.69) is 17.2 Å². The molecule has 8 heteroatoms. The van der Waals surface area contributed by atoms with Crippen LogP contribution in [0.3, 0.4) is 0 Å². The van der Waals surface area contributed by atoms with Crippen LogP contribution in [0.1, 0.15) is 85.9 Å². The van der Waals surface area contributed by atoms with Gasteiger partial charge >= 0.3 is 6.09 Å². The molecule has 0 bridgehead atoms. The first-order valence-corrected chi connectivity index (χ1v) is 11.9. The number of hydrogen-bond donors (Lipinski definition) is 3. The third-order valence-corrected chi connectivity index (χ3v) is 5.39. The molecule has 196 valence electrons. The quantitative estimate of drug-likeness (QED) is 0.482. The molecule has 0 aliphatic carbocycles. The average Bonchev–Trinajstić information content (AvgIpc) is 2.72. The predicted octanol–water partition coefficient (Wildman–Crippen LogP) is 4.19. The molecular weight excluding hydrogens is 446 g/mol. The summed E-state index contributed by atoms with van der Waals surface area (Å²) < 4.78 is 5.28. The fraction of sp³-hybridized carbons (Fsp3) is 0.593. The number of rotatable bonds is 9. The van der Waals surface area contributed by atoms with Gasteiger partial charge in [-0.25, -0.2) is 4.79 Å². The Morgan fingerprint density at radius 3 is 2.17 bits per heavy atom. The molecule has 0 aromatic heterocycles. The first-order valence-electron chi connectivity index (χ1n) is 11.9. The van der Waals surface area contributed by atoms with E-state index in [9.17, 15) is 19.5 Å². The highest BCUT2D eigenvalue weighted by Gasteiger charge is 2.43. The van der Waals surface area contributed by atoms with Gasteiger partial charge in [0.1, 0.15) is 17.7 Å². The summed E-state index contributed by atoms with van der Waals surface area (Å²) >= 11 is 0. The standard InChI is InChI=1S/C27H43N3O5/c1-11-18-14-13-15-19(16-18)21(22(32)29-25(3,4)5)30(27(9,10)12-2)23(33)20(17-31)28-24(34)35-26(6,7)8/h11,13-16,20-21,31H,1,12,17H2,2-10H3,(H,28,34)(H,29,32). The summed E-state index contributed by atoms with van der Waals surface area (Å²) in [7, 11) is 0. The molecule has 3 N–H and O–H groups in total. The second-order valence-electron chi connectivity index (χ2n) is 11.3. The second-order valence-corrected chi connectivity index (χ2v) is 11.3. The van der Waals surface area contributed by atoms with Crippen molar-refractivity contribution >= 4 is 24.0 Å². The Kier molecular flexibility index (Phi) is 10.1. The van der Waals surface area contributed by atoms with E-state index in [1.54, 1.807) is 45.0 Å². The van der Waals surface area contributed by atoms with Crippen molar-refractivity contribution in [2.75, 3.05) is 6.61 Å². The molecular formula is C27H43N3O5. The van der Waals surface area contributed by atoms with E-state index < -0.39 is 47.4 Å². The minimum Gasteiger partial charge on any atom is -0.444 e. The molecule has 1 aromatic rings. The van der Waals surface area contributed by atoms with Crippen LogP contribution < -0.4 is 10.6 Å². The smallest absolute Gasteiger partial charge is 0.408 e. The van der Waals surface area contributed by atoms with Gasteiger partial charge in [-0.15, -0.1) is 0 Å². The number of benzene rings is 1. The summed E-state index contributed by atoms with van der Waals surface area (Å²) in [5, 5.41) is 15.5. The third kappa shape index (κ3) is 9.02. The fourth-order valence-electron chi connectivity index (χ4n) is 3.46. The van der Waals surface area contributed by atoms with Gasteiger partial charge in [-0.1, -0.05) is 37.8 Å². The summed E-state index contributed by atoms with van der Waals surface area (Å²) in [6.07, 6.45) is 1.35. The minimum absolute atomic E-state index is 0.373. The number of nitrogens with one attached hydrogen (secondary N) is 2. The van der Waals surface area contributed by atoms with Gasteiger partial charge in [0.25, 0.3) is 0 Å². The molecule has 0 heterocycles. The summed E-state index contributed by atoms with van der Waals surface area (Å²) in [6.45, 7) is 19.4. The number of aliphatic hydroxyl groups excluding tert-OH is 1. The molecule has 0 aliphatic heterocycles. The zero-order chi connectivity index (χ0) is 27.2. The molecule has 0 radical (unpaired) electrons. The van der Waals surface area contributed by atoms with Gasteiger partial charge in [-0.2, -0.15) is 0 Å². The normalized spacial score (nSPS) is 13.9. The van der Waals surface area contributed by atoms with Crippen molar-refractivity contribution in [3.05, 3.63) is 42.0 Å². The Bertz CT molecular complexity index is 912. The number of nitrogens with zero attached hydrogens (tertiary/aromatic N) is 1. The minimum atomic E-state index is -1.30. The molecule has 1 rings (SSSR count). The molecule has 35 heavy (non-hydrogen) atoms. The molecule has 8 nitrogen and oxygen atoms in total. The lowest BCUT2D eigenvalue weighted by molar-refractivity contribution is -0.150. The van der Waals surface area contributed by atoms with Crippen LogP contribution in [0.2, 0.25) is 0 Å². The molecule has 3 amide bonds. The summed E-state index contributed by atoms with van der Waals surface area (Å²) in [5.41, 5.74) is -0.752. The third-order valence-electron chi connectivity index (χ3n) is 5.39. The van der Waals surface area contributed by atoms with Crippen molar-refractivity contribution in [3.63, 3.8) is 0 Å². The number of aliphatic hydroxyl groups is 1. The number of carbonyl (C=O) groups excluding carboxylic acids is 3. The van der Waals surface area contributed by atoms with E-state index in [-0.39, 0.29) is 5.91 Å². The maximum atomic E-state index is 13.9. The monoisotopic (exact) mass is 489 g/mol. The summed E-state index contributed by atoms with van der Waals surface area (Å²) in [6, 6.07) is 4.91. The van der Waals surface area contributed by atoms with E-state index in [1.807, 2.05) is 47.6 Å². The highest BCUT2D eigenvalue weighted by atomic mass is 16.6. The van der Waals surface area contributed by atoms with Crippen LogP contribution >= 0.6 is 0 Å². The van der Waals surface area contributed by atoms with Gasteiger partial charge in [-0.05, 0) is 79.0 Å². The Balaban J connectivity index is 3.63. The van der Waals surface area contributed by atoms with Crippen molar-refractivity contribution in [1.29, 1.82) is 0 Å². The van der Waals surface area contributed by atoms with Gasteiger partial charge in [-0.3, -0.25) is 9.59 Å². The first kappa shape index (κ1) is 30.2. The van der Waals surface area contributed by atoms with Crippen molar-refractivity contribution in [3.8, 4) is 0 Å². The average molecular weight is 490 g/mol. The Morgan fingerprint density at radius 1 is 1.11 bits per heavy atom. The highest BCUT2D eigenvalue weighted by molar-refractivity contribution is 5.93. The summed E-state index contributed by atoms with van der Waals surface area (Å²) in [5.74, 6) is -0.967. The maximum absolute atomic E-state index is 13.9. The van der Waals surface area contributed by atoms with Crippen LogP contribution in [0.25, 0.3) is 6.08 Å². The largest absolute Gasteiger partial charge is 0.444 e. The lowest BCUT2D eigenvalue weighted by atomic mass is 9.91. The number of carbonyl (C=O) groups is 3. The van der Waals surface area contributed by atoms with Crippen LogP contribution in [-0.4, -0.2) is 57.2 Å². The van der Waals surface area contributed by atoms with Gasteiger partial charge in [0.15, 0.2) is 0 Å². The van der Waals surface area contributed by atoms with Gasteiger partial charge in [0.05, 0.1) is 6.61 Å². The van der Waals surface area contributed by atoms with Crippen LogP contribution in [0.15, 0.2) is 30.8 Å². The van der Waals surface area contributed by atoms with Crippen molar-refractivity contribution in [2.45, 2.75) is 97.5 Å².